The summed E-state index contributed by atoms with van der Waals surface area (Å²) < 4.78 is 5.27. The SMILES string of the molecule is COC(=O)C1C2CC[C@H](C[C@@H]1C1CCC(CC3CCCCC3)CC1)N2C. The molecule has 2 heterocycles. The lowest BCUT2D eigenvalue weighted by Crippen LogP contribution is -2.52. The van der Waals surface area contributed by atoms with Crippen LogP contribution in [0, 0.1) is 29.6 Å². The lowest BCUT2D eigenvalue weighted by Gasteiger charge is -2.46. The first-order chi connectivity index (χ1) is 12.7. The minimum Gasteiger partial charge on any atom is -0.469 e. The van der Waals surface area contributed by atoms with Gasteiger partial charge in [0.15, 0.2) is 0 Å². The van der Waals surface area contributed by atoms with E-state index in [2.05, 4.69) is 11.9 Å². The zero-order valence-corrected chi connectivity index (χ0v) is 17.0. The monoisotopic (exact) mass is 361 g/mol. The molecule has 4 aliphatic rings. The minimum absolute atomic E-state index is 0.0662. The molecule has 4 fully saturated rings. The molecule has 0 aromatic heterocycles. The molecule has 0 radical (unpaired) electrons. The standard InChI is InChI=1S/C23H39NO2/c1-24-19-12-13-21(24)22(23(25)26-2)20(15-19)18-10-8-17(9-11-18)14-16-6-4-3-5-7-16/h16-22H,3-15H2,1-2H3/t17?,18?,19-,20-,21?,22?/m1/s1. The minimum atomic E-state index is 0.0662. The summed E-state index contributed by atoms with van der Waals surface area (Å²) in [5.74, 6) is 3.52. The molecule has 2 saturated heterocycles. The number of carbonyl (C=O) groups is 1. The number of fused-ring (bicyclic) bond motifs is 2. The summed E-state index contributed by atoms with van der Waals surface area (Å²) in [6.45, 7) is 0. The summed E-state index contributed by atoms with van der Waals surface area (Å²) in [7, 11) is 3.82. The average Bonchev–Trinajstić information content (AvgIpc) is 2.91. The Morgan fingerprint density at radius 3 is 2.31 bits per heavy atom. The van der Waals surface area contributed by atoms with Crippen molar-refractivity contribution >= 4 is 5.97 Å². The third-order valence-corrected chi connectivity index (χ3v) is 8.68. The van der Waals surface area contributed by atoms with Crippen LogP contribution in [-0.2, 0) is 9.53 Å². The molecule has 2 unspecified atom stereocenters. The molecule has 2 aliphatic carbocycles. The molecular weight excluding hydrogens is 322 g/mol. The summed E-state index contributed by atoms with van der Waals surface area (Å²) >= 11 is 0. The highest BCUT2D eigenvalue weighted by atomic mass is 16.5. The predicted octanol–water partition coefficient (Wildman–Crippen LogP) is 5.04. The number of methoxy groups -OCH3 is 1. The van der Waals surface area contributed by atoms with Crippen molar-refractivity contribution in [2.45, 2.75) is 95.6 Å². The normalized spacial score (nSPS) is 41.9. The molecule has 0 spiro atoms. The van der Waals surface area contributed by atoms with E-state index in [1.165, 1.54) is 83.5 Å². The van der Waals surface area contributed by atoms with Crippen LogP contribution in [0.25, 0.3) is 0 Å². The number of rotatable bonds is 4. The first kappa shape index (κ1) is 18.8. The Labute approximate surface area is 160 Å². The Hall–Kier alpha value is -0.570. The van der Waals surface area contributed by atoms with E-state index in [1.54, 1.807) is 7.11 Å². The fraction of sp³-hybridized carbons (Fsp3) is 0.957. The highest BCUT2D eigenvalue weighted by molar-refractivity contribution is 5.74. The van der Waals surface area contributed by atoms with Crippen molar-refractivity contribution in [3.8, 4) is 0 Å². The summed E-state index contributed by atoms with van der Waals surface area (Å²) in [4.78, 5) is 15.1. The van der Waals surface area contributed by atoms with Crippen LogP contribution in [0.5, 0.6) is 0 Å². The van der Waals surface area contributed by atoms with Crippen molar-refractivity contribution in [1.29, 1.82) is 0 Å². The summed E-state index contributed by atoms with van der Waals surface area (Å²) in [5, 5.41) is 0. The maximum Gasteiger partial charge on any atom is 0.310 e. The van der Waals surface area contributed by atoms with Crippen molar-refractivity contribution in [3.05, 3.63) is 0 Å². The number of ether oxygens (including phenoxy) is 1. The van der Waals surface area contributed by atoms with Crippen molar-refractivity contribution in [3.63, 3.8) is 0 Å². The number of hydrogen-bond acceptors (Lipinski definition) is 3. The Kier molecular flexibility index (Phi) is 5.93. The fourth-order valence-electron chi connectivity index (χ4n) is 7.20. The van der Waals surface area contributed by atoms with E-state index < -0.39 is 0 Å². The summed E-state index contributed by atoms with van der Waals surface area (Å²) in [5.41, 5.74) is 0. The molecule has 26 heavy (non-hydrogen) atoms. The second kappa shape index (κ2) is 8.20. The molecule has 0 N–H and O–H groups in total. The molecule has 0 amide bonds. The topological polar surface area (TPSA) is 29.5 Å². The Morgan fingerprint density at radius 2 is 1.62 bits per heavy atom. The Balaban J connectivity index is 1.36. The highest BCUT2D eigenvalue weighted by Gasteiger charge is 2.51. The summed E-state index contributed by atoms with van der Waals surface area (Å²) in [6.07, 6.45) is 18.1. The molecule has 2 bridgehead atoms. The van der Waals surface area contributed by atoms with E-state index in [0.29, 0.717) is 18.0 Å². The van der Waals surface area contributed by atoms with Gasteiger partial charge in [-0.15, -0.1) is 0 Å². The largest absolute Gasteiger partial charge is 0.469 e. The second-order valence-electron chi connectivity index (χ2n) is 9.93. The van der Waals surface area contributed by atoms with Gasteiger partial charge in [-0.2, -0.15) is 0 Å². The molecule has 4 rings (SSSR count). The van der Waals surface area contributed by atoms with Crippen LogP contribution < -0.4 is 0 Å². The molecule has 2 aliphatic heterocycles. The van der Waals surface area contributed by atoms with E-state index >= 15 is 0 Å². The molecule has 3 heteroatoms. The number of nitrogens with zero attached hydrogens (tertiary/aromatic N) is 1. The smallest absolute Gasteiger partial charge is 0.310 e. The van der Waals surface area contributed by atoms with E-state index in [4.69, 9.17) is 4.74 Å². The van der Waals surface area contributed by atoms with Crippen molar-refractivity contribution < 1.29 is 9.53 Å². The first-order valence-corrected chi connectivity index (χ1v) is 11.5. The van der Waals surface area contributed by atoms with Crippen LogP contribution in [0.2, 0.25) is 0 Å². The first-order valence-electron chi connectivity index (χ1n) is 11.5. The van der Waals surface area contributed by atoms with Crippen LogP contribution in [0.15, 0.2) is 0 Å². The van der Waals surface area contributed by atoms with E-state index in [9.17, 15) is 4.79 Å². The molecule has 0 aromatic rings. The lowest BCUT2D eigenvalue weighted by molar-refractivity contribution is -0.154. The van der Waals surface area contributed by atoms with E-state index in [-0.39, 0.29) is 11.9 Å². The van der Waals surface area contributed by atoms with Crippen LogP contribution in [0.4, 0.5) is 0 Å². The van der Waals surface area contributed by atoms with E-state index in [1.807, 2.05) is 0 Å². The Morgan fingerprint density at radius 1 is 0.923 bits per heavy atom. The number of carbonyl (C=O) groups excluding carboxylic acids is 1. The average molecular weight is 362 g/mol. The van der Waals surface area contributed by atoms with Gasteiger partial charge in [-0.05, 0) is 69.2 Å². The van der Waals surface area contributed by atoms with Gasteiger partial charge in [0.25, 0.3) is 0 Å². The Bertz CT molecular complexity index is 479. The van der Waals surface area contributed by atoms with Crippen molar-refractivity contribution in [2.24, 2.45) is 29.6 Å². The van der Waals surface area contributed by atoms with Crippen LogP contribution in [0.3, 0.4) is 0 Å². The quantitative estimate of drug-likeness (QED) is 0.657. The summed E-state index contributed by atoms with van der Waals surface area (Å²) in [6, 6.07) is 1.15. The van der Waals surface area contributed by atoms with Gasteiger partial charge < -0.3 is 4.74 Å². The van der Waals surface area contributed by atoms with Gasteiger partial charge in [0.2, 0.25) is 0 Å². The van der Waals surface area contributed by atoms with Crippen molar-refractivity contribution in [2.75, 3.05) is 14.2 Å². The molecular formula is C23H39NO2. The number of esters is 1. The molecule has 3 nitrogen and oxygen atoms in total. The second-order valence-corrected chi connectivity index (χ2v) is 9.93. The van der Waals surface area contributed by atoms with Gasteiger partial charge in [-0.1, -0.05) is 44.9 Å². The van der Waals surface area contributed by atoms with Crippen LogP contribution in [0.1, 0.15) is 83.5 Å². The molecule has 4 atom stereocenters. The zero-order chi connectivity index (χ0) is 18.1. The predicted molar refractivity (Wildman–Crippen MR) is 105 cm³/mol. The van der Waals surface area contributed by atoms with Gasteiger partial charge in [0, 0.05) is 12.1 Å². The van der Waals surface area contributed by atoms with Gasteiger partial charge in [-0.3, -0.25) is 9.69 Å². The highest BCUT2D eigenvalue weighted by Crippen LogP contribution is 2.49. The maximum absolute atomic E-state index is 12.6. The van der Waals surface area contributed by atoms with Crippen LogP contribution >= 0.6 is 0 Å². The number of hydrogen-bond donors (Lipinski definition) is 0. The van der Waals surface area contributed by atoms with Gasteiger partial charge in [0.05, 0.1) is 13.0 Å². The van der Waals surface area contributed by atoms with Gasteiger partial charge >= 0.3 is 5.97 Å². The molecule has 0 aromatic carbocycles. The lowest BCUT2D eigenvalue weighted by atomic mass is 9.65. The molecule has 148 valence electrons. The number of piperidine rings is 1. The third-order valence-electron chi connectivity index (χ3n) is 8.68. The zero-order valence-electron chi connectivity index (χ0n) is 17.0. The fourth-order valence-corrected chi connectivity index (χ4v) is 7.20. The third kappa shape index (κ3) is 3.70. The molecule has 2 saturated carbocycles. The van der Waals surface area contributed by atoms with Gasteiger partial charge in [-0.25, -0.2) is 0 Å². The maximum atomic E-state index is 12.6. The van der Waals surface area contributed by atoms with Crippen LogP contribution in [-0.4, -0.2) is 37.1 Å². The van der Waals surface area contributed by atoms with Gasteiger partial charge in [0.1, 0.15) is 0 Å². The van der Waals surface area contributed by atoms with Crippen molar-refractivity contribution in [1.82, 2.24) is 4.90 Å². The van der Waals surface area contributed by atoms with E-state index in [0.717, 1.165) is 17.8 Å².